The standard InChI is InChI=1S/C14H21ClN2O3S/c1-4-10(5-2)17-14(18)9(3)21(19,20)11-6-7-13(16)12(15)8-11/h6-10H,4-5,16H2,1-3H3,(H,17,18). The number of carbonyl (C=O) groups is 1. The van der Waals surface area contributed by atoms with Crippen LogP contribution in [-0.4, -0.2) is 25.6 Å². The van der Waals surface area contributed by atoms with Crippen molar-refractivity contribution < 1.29 is 13.2 Å². The SMILES string of the molecule is CCC(CC)NC(=O)C(C)S(=O)(=O)c1ccc(N)c(Cl)c1. The van der Waals surface area contributed by atoms with Gasteiger partial charge in [0.05, 0.1) is 15.6 Å². The van der Waals surface area contributed by atoms with Gasteiger partial charge in [0.25, 0.3) is 0 Å². The van der Waals surface area contributed by atoms with Crippen LogP contribution in [0.2, 0.25) is 5.02 Å². The Balaban J connectivity index is 3.00. The summed E-state index contributed by atoms with van der Waals surface area (Å²) in [4.78, 5) is 12.1. The summed E-state index contributed by atoms with van der Waals surface area (Å²) < 4.78 is 24.9. The van der Waals surface area contributed by atoms with Crippen LogP contribution in [0.15, 0.2) is 23.1 Å². The maximum atomic E-state index is 12.4. The van der Waals surface area contributed by atoms with E-state index in [-0.39, 0.29) is 16.0 Å². The van der Waals surface area contributed by atoms with Gasteiger partial charge in [0, 0.05) is 6.04 Å². The van der Waals surface area contributed by atoms with E-state index in [0.29, 0.717) is 5.69 Å². The Morgan fingerprint density at radius 2 is 1.90 bits per heavy atom. The topological polar surface area (TPSA) is 89.3 Å². The molecule has 0 saturated heterocycles. The summed E-state index contributed by atoms with van der Waals surface area (Å²) in [6.07, 6.45) is 1.51. The lowest BCUT2D eigenvalue weighted by Crippen LogP contribution is -2.42. The van der Waals surface area contributed by atoms with Crippen molar-refractivity contribution in [2.75, 3.05) is 5.73 Å². The van der Waals surface area contributed by atoms with Crippen molar-refractivity contribution in [3.05, 3.63) is 23.2 Å². The molecule has 1 unspecified atom stereocenters. The number of halogens is 1. The molecule has 0 spiro atoms. The Morgan fingerprint density at radius 1 is 1.33 bits per heavy atom. The van der Waals surface area contributed by atoms with Crippen LogP contribution in [0.5, 0.6) is 0 Å². The van der Waals surface area contributed by atoms with E-state index in [9.17, 15) is 13.2 Å². The van der Waals surface area contributed by atoms with Crippen LogP contribution in [0, 0.1) is 0 Å². The number of nitrogens with one attached hydrogen (secondary N) is 1. The second-order valence-electron chi connectivity index (χ2n) is 4.89. The van der Waals surface area contributed by atoms with Crippen molar-refractivity contribution in [3.63, 3.8) is 0 Å². The fraction of sp³-hybridized carbons (Fsp3) is 0.500. The van der Waals surface area contributed by atoms with E-state index in [1.165, 1.54) is 25.1 Å². The number of nitrogens with two attached hydrogens (primary N) is 1. The van der Waals surface area contributed by atoms with Crippen molar-refractivity contribution in [3.8, 4) is 0 Å². The van der Waals surface area contributed by atoms with Gasteiger partial charge in [0.2, 0.25) is 5.91 Å². The zero-order chi connectivity index (χ0) is 16.2. The molecule has 0 aliphatic heterocycles. The molecule has 1 atom stereocenters. The summed E-state index contributed by atoms with van der Waals surface area (Å²) >= 11 is 5.84. The largest absolute Gasteiger partial charge is 0.398 e. The summed E-state index contributed by atoms with van der Waals surface area (Å²) in [5.74, 6) is -0.503. The van der Waals surface area contributed by atoms with Crippen molar-refractivity contribution in [2.45, 2.75) is 49.8 Å². The minimum absolute atomic E-state index is 0.00565. The molecule has 0 aliphatic carbocycles. The number of hydrogen-bond acceptors (Lipinski definition) is 4. The van der Waals surface area contributed by atoms with Crippen LogP contribution in [0.3, 0.4) is 0 Å². The summed E-state index contributed by atoms with van der Waals surface area (Å²) in [6, 6.07) is 4.02. The van der Waals surface area contributed by atoms with Crippen LogP contribution in [0.1, 0.15) is 33.6 Å². The molecule has 0 aromatic heterocycles. The molecule has 0 saturated carbocycles. The molecular weight excluding hydrogens is 312 g/mol. The summed E-state index contributed by atoms with van der Waals surface area (Å²) in [7, 11) is -3.79. The smallest absolute Gasteiger partial charge is 0.238 e. The maximum absolute atomic E-state index is 12.4. The monoisotopic (exact) mass is 332 g/mol. The second kappa shape index (κ2) is 7.13. The lowest BCUT2D eigenvalue weighted by atomic mass is 10.2. The highest BCUT2D eigenvalue weighted by molar-refractivity contribution is 7.92. The van der Waals surface area contributed by atoms with Crippen LogP contribution < -0.4 is 11.1 Å². The van der Waals surface area contributed by atoms with Gasteiger partial charge in [-0.25, -0.2) is 8.42 Å². The number of rotatable bonds is 6. The summed E-state index contributed by atoms with van der Waals surface area (Å²) in [6.45, 7) is 5.25. The quantitative estimate of drug-likeness (QED) is 0.783. The molecule has 0 aliphatic rings. The van der Waals surface area contributed by atoms with Crippen LogP contribution in [0.25, 0.3) is 0 Å². The van der Waals surface area contributed by atoms with Gasteiger partial charge < -0.3 is 11.1 Å². The van der Waals surface area contributed by atoms with Gasteiger partial charge in [0.1, 0.15) is 5.25 Å². The lowest BCUT2D eigenvalue weighted by molar-refractivity contribution is -0.121. The number of sulfone groups is 1. The van der Waals surface area contributed by atoms with E-state index in [1.807, 2.05) is 13.8 Å². The molecule has 1 aromatic rings. The third kappa shape index (κ3) is 4.11. The highest BCUT2D eigenvalue weighted by atomic mass is 35.5. The van der Waals surface area contributed by atoms with Crippen molar-refractivity contribution in [2.24, 2.45) is 0 Å². The molecule has 21 heavy (non-hydrogen) atoms. The molecule has 1 rings (SSSR count). The number of hydrogen-bond donors (Lipinski definition) is 2. The Labute approximate surface area is 130 Å². The van der Waals surface area contributed by atoms with Gasteiger partial charge in [-0.2, -0.15) is 0 Å². The zero-order valence-corrected chi connectivity index (χ0v) is 14.0. The summed E-state index contributed by atoms with van der Waals surface area (Å²) in [5.41, 5.74) is 5.86. The van der Waals surface area contributed by atoms with E-state index in [2.05, 4.69) is 5.32 Å². The van der Waals surface area contributed by atoms with Crippen LogP contribution in [-0.2, 0) is 14.6 Å². The van der Waals surface area contributed by atoms with Gasteiger partial charge in [-0.1, -0.05) is 25.4 Å². The first-order valence-corrected chi connectivity index (χ1v) is 8.75. The molecule has 0 radical (unpaired) electrons. The zero-order valence-electron chi connectivity index (χ0n) is 12.4. The van der Waals surface area contributed by atoms with Crippen molar-refractivity contribution in [1.82, 2.24) is 5.32 Å². The Morgan fingerprint density at radius 3 is 2.38 bits per heavy atom. The molecular formula is C14H21ClN2O3S. The molecule has 0 fully saturated rings. The number of anilines is 1. The number of nitrogen functional groups attached to an aromatic ring is 1. The summed E-state index contributed by atoms with van der Waals surface area (Å²) in [5, 5.41) is 1.72. The predicted octanol–water partition coefficient (Wildman–Crippen LogP) is 2.39. The van der Waals surface area contributed by atoms with E-state index >= 15 is 0 Å². The van der Waals surface area contributed by atoms with Crippen molar-refractivity contribution in [1.29, 1.82) is 0 Å². The van der Waals surface area contributed by atoms with E-state index in [1.54, 1.807) is 0 Å². The van der Waals surface area contributed by atoms with Gasteiger partial charge in [-0.15, -0.1) is 0 Å². The first-order chi connectivity index (χ1) is 9.73. The minimum Gasteiger partial charge on any atom is -0.398 e. The number of amides is 1. The third-order valence-corrected chi connectivity index (χ3v) is 5.85. The molecule has 1 amide bonds. The number of benzene rings is 1. The van der Waals surface area contributed by atoms with Gasteiger partial charge in [-0.3, -0.25) is 4.79 Å². The molecule has 5 nitrogen and oxygen atoms in total. The maximum Gasteiger partial charge on any atom is 0.238 e. The van der Waals surface area contributed by atoms with Crippen LogP contribution >= 0.6 is 11.6 Å². The van der Waals surface area contributed by atoms with Gasteiger partial charge >= 0.3 is 0 Å². The second-order valence-corrected chi connectivity index (χ2v) is 7.57. The van der Waals surface area contributed by atoms with E-state index in [4.69, 9.17) is 17.3 Å². The third-order valence-electron chi connectivity index (χ3n) is 3.47. The van der Waals surface area contributed by atoms with Gasteiger partial charge in [0.15, 0.2) is 9.84 Å². The molecule has 0 bridgehead atoms. The molecule has 7 heteroatoms. The minimum atomic E-state index is -3.79. The molecule has 3 N–H and O–H groups in total. The Bertz CT molecular complexity index is 613. The highest BCUT2D eigenvalue weighted by Crippen LogP contribution is 2.25. The Hall–Kier alpha value is -1.27. The van der Waals surface area contributed by atoms with E-state index in [0.717, 1.165) is 12.8 Å². The van der Waals surface area contributed by atoms with Crippen molar-refractivity contribution >= 4 is 33.0 Å². The molecule has 1 aromatic carbocycles. The lowest BCUT2D eigenvalue weighted by Gasteiger charge is -2.19. The molecule has 0 heterocycles. The Kier molecular flexibility index (Phi) is 6.04. The number of carbonyl (C=O) groups excluding carboxylic acids is 1. The van der Waals surface area contributed by atoms with Gasteiger partial charge in [-0.05, 0) is 38.0 Å². The predicted molar refractivity (Wildman–Crippen MR) is 85.0 cm³/mol. The van der Waals surface area contributed by atoms with Crippen LogP contribution in [0.4, 0.5) is 5.69 Å². The fourth-order valence-corrected chi connectivity index (χ4v) is 3.38. The highest BCUT2D eigenvalue weighted by Gasteiger charge is 2.30. The average Bonchev–Trinajstić information content (AvgIpc) is 2.46. The average molecular weight is 333 g/mol. The van der Waals surface area contributed by atoms with E-state index < -0.39 is 21.0 Å². The first-order valence-electron chi connectivity index (χ1n) is 6.83. The molecule has 118 valence electrons. The first kappa shape index (κ1) is 17.8. The normalized spacial score (nSPS) is 13.2. The fourth-order valence-electron chi connectivity index (χ4n) is 1.84.